The molecule has 7 heteroatoms. The number of sulfonamides is 1. The summed E-state index contributed by atoms with van der Waals surface area (Å²) < 4.78 is 24.9. The molecule has 6 nitrogen and oxygen atoms in total. The summed E-state index contributed by atoms with van der Waals surface area (Å²) in [6.07, 6.45) is 1.30. The van der Waals surface area contributed by atoms with Crippen molar-refractivity contribution in [1.29, 1.82) is 0 Å². The number of amides is 1. The van der Waals surface area contributed by atoms with Crippen molar-refractivity contribution in [2.75, 3.05) is 18.8 Å². The molecule has 0 aromatic rings. The molecule has 0 aromatic heterocycles. The van der Waals surface area contributed by atoms with E-state index in [-0.39, 0.29) is 23.6 Å². The van der Waals surface area contributed by atoms with Gasteiger partial charge in [-0.15, -0.1) is 0 Å². The van der Waals surface area contributed by atoms with Gasteiger partial charge in [0.05, 0.1) is 11.8 Å². The second kappa shape index (κ2) is 6.67. The van der Waals surface area contributed by atoms with E-state index >= 15 is 0 Å². The minimum atomic E-state index is -3.11. The summed E-state index contributed by atoms with van der Waals surface area (Å²) in [6.45, 7) is 6.39. The number of hydrogen-bond donors (Lipinski definition) is 2. The van der Waals surface area contributed by atoms with Gasteiger partial charge in [0.1, 0.15) is 0 Å². The first-order chi connectivity index (χ1) is 8.77. The van der Waals surface area contributed by atoms with Crippen molar-refractivity contribution in [3.8, 4) is 0 Å². The summed E-state index contributed by atoms with van der Waals surface area (Å²) in [5.74, 6) is 0.0785. The Bertz CT molecular complexity index is 400. The average molecular weight is 291 g/mol. The third-order valence-electron chi connectivity index (χ3n) is 3.58. The first-order valence-corrected chi connectivity index (χ1v) is 8.42. The second-order valence-corrected chi connectivity index (χ2v) is 7.61. The van der Waals surface area contributed by atoms with Gasteiger partial charge >= 0.3 is 0 Å². The molecule has 1 fully saturated rings. The maximum absolute atomic E-state index is 11.8. The van der Waals surface area contributed by atoms with Gasteiger partial charge in [0.15, 0.2) is 0 Å². The van der Waals surface area contributed by atoms with E-state index in [4.69, 9.17) is 5.73 Å². The number of nitrogens with one attached hydrogen (secondary N) is 1. The quantitative estimate of drug-likeness (QED) is 0.740. The fraction of sp³-hybridized carbons (Fsp3) is 0.917. The number of carbonyl (C=O) groups is 1. The smallest absolute Gasteiger partial charge is 0.237 e. The monoisotopic (exact) mass is 291 g/mol. The molecule has 1 aliphatic heterocycles. The largest absolute Gasteiger partial charge is 0.352 e. The molecule has 0 aromatic carbocycles. The topological polar surface area (TPSA) is 92.5 Å². The van der Waals surface area contributed by atoms with Crippen LogP contribution in [0.2, 0.25) is 0 Å². The summed E-state index contributed by atoms with van der Waals surface area (Å²) in [6, 6.07) is -0.474. The van der Waals surface area contributed by atoms with Gasteiger partial charge < -0.3 is 11.1 Å². The lowest BCUT2D eigenvalue weighted by Gasteiger charge is -2.32. The molecule has 1 aliphatic rings. The highest BCUT2D eigenvalue weighted by atomic mass is 32.2. The van der Waals surface area contributed by atoms with Crippen molar-refractivity contribution in [3.05, 3.63) is 0 Å². The van der Waals surface area contributed by atoms with Crippen LogP contribution in [0.25, 0.3) is 0 Å². The zero-order valence-corrected chi connectivity index (χ0v) is 12.7. The lowest BCUT2D eigenvalue weighted by molar-refractivity contribution is -0.124. The average Bonchev–Trinajstić information content (AvgIpc) is 2.38. The Labute approximate surface area is 115 Å². The van der Waals surface area contributed by atoms with Gasteiger partial charge in [0, 0.05) is 19.1 Å². The molecule has 0 bridgehead atoms. The van der Waals surface area contributed by atoms with E-state index < -0.39 is 16.1 Å². The maximum atomic E-state index is 11.8. The van der Waals surface area contributed by atoms with Crippen molar-refractivity contribution in [2.24, 2.45) is 11.7 Å². The van der Waals surface area contributed by atoms with Crippen LogP contribution in [0.4, 0.5) is 0 Å². The summed E-state index contributed by atoms with van der Waals surface area (Å²) in [4.78, 5) is 11.8. The van der Waals surface area contributed by atoms with Crippen molar-refractivity contribution >= 4 is 15.9 Å². The van der Waals surface area contributed by atoms with Gasteiger partial charge in [-0.3, -0.25) is 4.79 Å². The Balaban J connectivity index is 2.45. The Hall–Kier alpha value is -0.660. The van der Waals surface area contributed by atoms with Gasteiger partial charge in [-0.2, -0.15) is 0 Å². The van der Waals surface area contributed by atoms with E-state index in [2.05, 4.69) is 5.32 Å². The zero-order chi connectivity index (χ0) is 14.6. The molecule has 3 N–H and O–H groups in total. The summed E-state index contributed by atoms with van der Waals surface area (Å²) in [5.41, 5.74) is 5.78. The number of piperidine rings is 1. The lowest BCUT2D eigenvalue weighted by atomic mass is 10.0. The minimum Gasteiger partial charge on any atom is -0.352 e. The number of nitrogens with two attached hydrogens (primary N) is 1. The summed E-state index contributed by atoms with van der Waals surface area (Å²) in [7, 11) is -3.11. The molecule has 0 unspecified atom stereocenters. The predicted octanol–water partition coefficient (Wildman–Crippen LogP) is -0.1000. The van der Waals surface area contributed by atoms with Gasteiger partial charge in [-0.25, -0.2) is 12.7 Å². The van der Waals surface area contributed by atoms with E-state index in [0.717, 1.165) is 0 Å². The number of hydrogen-bond acceptors (Lipinski definition) is 4. The summed E-state index contributed by atoms with van der Waals surface area (Å²) >= 11 is 0. The van der Waals surface area contributed by atoms with Crippen LogP contribution in [0, 0.1) is 5.92 Å². The molecule has 1 atom stereocenters. The Morgan fingerprint density at radius 2 is 1.89 bits per heavy atom. The highest BCUT2D eigenvalue weighted by molar-refractivity contribution is 7.89. The molecule has 0 aliphatic carbocycles. The number of nitrogens with zero attached hydrogens (tertiary/aromatic N) is 1. The molecule has 0 saturated carbocycles. The minimum absolute atomic E-state index is 0.0283. The SMILES string of the molecule is CCS(=O)(=O)N1CCC(NC(=O)[C@H](N)C(C)C)CC1. The standard InChI is InChI=1S/C12H25N3O3S/c1-4-19(17,18)15-7-5-10(6-8-15)14-12(16)11(13)9(2)3/h9-11H,4-8,13H2,1-3H3,(H,14,16)/t11-/m1/s1. The Kier molecular flexibility index (Phi) is 5.76. The predicted molar refractivity (Wildman–Crippen MR) is 75.0 cm³/mol. The van der Waals surface area contributed by atoms with Crippen LogP contribution in [-0.2, 0) is 14.8 Å². The van der Waals surface area contributed by atoms with Crippen molar-refractivity contribution in [2.45, 2.75) is 45.7 Å². The number of rotatable bonds is 5. The third-order valence-corrected chi connectivity index (χ3v) is 5.46. The Morgan fingerprint density at radius 1 is 1.37 bits per heavy atom. The van der Waals surface area contributed by atoms with E-state index in [1.165, 1.54) is 4.31 Å². The van der Waals surface area contributed by atoms with Crippen molar-refractivity contribution in [3.63, 3.8) is 0 Å². The molecule has 1 rings (SSSR count). The summed E-state index contributed by atoms with van der Waals surface area (Å²) in [5, 5.41) is 2.90. The fourth-order valence-corrected chi connectivity index (χ4v) is 3.19. The highest BCUT2D eigenvalue weighted by Crippen LogP contribution is 2.14. The molecule has 1 heterocycles. The van der Waals surface area contributed by atoms with Crippen molar-refractivity contribution in [1.82, 2.24) is 9.62 Å². The van der Waals surface area contributed by atoms with Crippen LogP contribution in [0.1, 0.15) is 33.6 Å². The van der Waals surface area contributed by atoms with Gasteiger partial charge in [0.25, 0.3) is 0 Å². The molecule has 1 saturated heterocycles. The van der Waals surface area contributed by atoms with Crippen LogP contribution < -0.4 is 11.1 Å². The van der Waals surface area contributed by atoms with E-state index in [0.29, 0.717) is 25.9 Å². The second-order valence-electron chi connectivity index (χ2n) is 5.35. The van der Waals surface area contributed by atoms with Gasteiger partial charge in [-0.1, -0.05) is 13.8 Å². The molecular weight excluding hydrogens is 266 g/mol. The molecular formula is C12H25N3O3S. The first kappa shape index (κ1) is 16.4. The fourth-order valence-electron chi connectivity index (χ4n) is 2.06. The number of carbonyl (C=O) groups excluding carboxylic acids is 1. The van der Waals surface area contributed by atoms with E-state index in [1.54, 1.807) is 6.92 Å². The van der Waals surface area contributed by atoms with Crippen LogP contribution in [0.5, 0.6) is 0 Å². The van der Waals surface area contributed by atoms with Crippen molar-refractivity contribution < 1.29 is 13.2 Å². The van der Waals surface area contributed by atoms with Crippen LogP contribution >= 0.6 is 0 Å². The van der Waals surface area contributed by atoms with E-state index in [1.807, 2.05) is 13.8 Å². The van der Waals surface area contributed by atoms with E-state index in [9.17, 15) is 13.2 Å². The zero-order valence-electron chi connectivity index (χ0n) is 11.9. The van der Waals surface area contributed by atoms with Crippen LogP contribution in [0.15, 0.2) is 0 Å². The van der Waals surface area contributed by atoms with Crippen LogP contribution in [-0.4, -0.2) is 49.6 Å². The lowest BCUT2D eigenvalue weighted by Crippen LogP contribution is -2.51. The maximum Gasteiger partial charge on any atom is 0.237 e. The van der Waals surface area contributed by atoms with Crippen LogP contribution in [0.3, 0.4) is 0 Å². The molecule has 112 valence electrons. The Morgan fingerprint density at radius 3 is 2.32 bits per heavy atom. The first-order valence-electron chi connectivity index (χ1n) is 6.81. The molecule has 1 amide bonds. The third kappa shape index (κ3) is 4.43. The molecule has 19 heavy (non-hydrogen) atoms. The molecule has 0 radical (unpaired) electrons. The highest BCUT2D eigenvalue weighted by Gasteiger charge is 2.28. The molecule has 0 spiro atoms. The normalized spacial score (nSPS) is 20.5. The van der Waals surface area contributed by atoms with Gasteiger partial charge in [-0.05, 0) is 25.7 Å². The van der Waals surface area contributed by atoms with Gasteiger partial charge in [0.2, 0.25) is 15.9 Å².